The number of hydrogen-bond donors (Lipinski definition) is 2. The smallest absolute Gasteiger partial charge is 0.232 e. The maximum atomic E-state index is 12.9. The summed E-state index contributed by atoms with van der Waals surface area (Å²) in [5, 5.41) is 14.9. The second-order valence-electron chi connectivity index (χ2n) is 4.21. The van der Waals surface area contributed by atoms with Gasteiger partial charge >= 0.3 is 0 Å². The quantitative estimate of drug-likeness (QED) is 0.774. The third kappa shape index (κ3) is 3.29. The Kier molecular flexibility index (Phi) is 3.69. The number of nitrogens with one attached hydrogen (secondary N) is 2. The van der Waals surface area contributed by atoms with Crippen LogP contribution in [0.2, 0.25) is 0 Å². The molecule has 3 aromatic rings. The molecule has 106 valence electrons. The van der Waals surface area contributed by atoms with E-state index in [0.717, 1.165) is 11.3 Å². The standard InChI is InChI=1S/C13H10FN5OS/c14-9-3-1-8(2-4-9)10-7-21-13(16-10)5-12(20)17-11-6-15-19-18-11/h1-4,6-7H,5H2,(H2,15,17,18,19,20). The van der Waals surface area contributed by atoms with E-state index < -0.39 is 0 Å². The topological polar surface area (TPSA) is 83.6 Å². The number of amides is 1. The van der Waals surface area contributed by atoms with Crippen LogP contribution in [0.1, 0.15) is 5.01 Å². The van der Waals surface area contributed by atoms with Crippen molar-refractivity contribution in [3.63, 3.8) is 0 Å². The molecule has 2 aromatic heterocycles. The Balaban J connectivity index is 1.67. The molecule has 0 fully saturated rings. The molecular weight excluding hydrogens is 293 g/mol. The zero-order chi connectivity index (χ0) is 14.7. The van der Waals surface area contributed by atoms with Crippen LogP contribution >= 0.6 is 11.3 Å². The summed E-state index contributed by atoms with van der Waals surface area (Å²) in [6, 6.07) is 6.07. The molecule has 3 rings (SSSR count). The van der Waals surface area contributed by atoms with Crippen molar-refractivity contribution in [2.45, 2.75) is 6.42 Å². The molecule has 0 unspecified atom stereocenters. The number of halogens is 1. The second kappa shape index (κ2) is 5.80. The van der Waals surface area contributed by atoms with Crippen LogP contribution in [0.5, 0.6) is 0 Å². The Morgan fingerprint density at radius 2 is 2.14 bits per heavy atom. The first-order valence-corrected chi connectivity index (χ1v) is 6.94. The molecule has 0 aliphatic carbocycles. The van der Waals surface area contributed by atoms with Crippen LogP contribution in [-0.2, 0) is 11.2 Å². The van der Waals surface area contributed by atoms with Gasteiger partial charge in [-0.25, -0.2) is 9.37 Å². The van der Waals surface area contributed by atoms with Crippen molar-refractivity contribution in [1.29, 1.82) is 0 Å². The van der Waals surface area contributed by atoms with E-state index in [4.69, 9.17) is 0 Å². The number of rotatable bonds is 4. The summed E-state index contributed by atoms with van der Waals surface area (Å²) in [5.74, 6) is -0.139. The minimum absolute atomic E-state index is 0.152. The number of carbonyl (C=O) groups is 1. The molecule has 1 aromatic carbocycles. The number of carbonyl (C=O) groups excluding carboxylic acids is 1. The summed E-state index contributed by atoms with van der Waals surface area (Å²) in [7, 11) is 0. The van der Waals surface area contributed by atoms with Crippen molar-refractivity contribution >= 4 is 23.1 Å². The van der Waals surface area contributed by atoms with Crippen LogP contribution in [0.15, 0.2) is 35.8 Å². The number of aromatic nitrogens is 4. The van der Waals surface area contributed by atoms with Gasteiger partial charge in [0.15, 0.2) is 5.82 Å². The summed E-state index contributed by atoms with van der Waals surface area (Å²) in [6.07, 6.45) is 1.57. The molecule has 8 heteroatoms. The van der Waals surface area contributed by atoms with Crippen molar-refractivity contribution in [2.24, 2.45) is 0 Å². The van der Waals surface area contributed by atoms with Crippen LogP contribution in [-0.4, -0.2) is 26.3 Å². The molecule has 0 atom stereocenters. The maximum Gasteiger partial charge on any atom is 0.232 e. The van der Waals surface area contributed by atoms with Crippen LogP contribution in [0, 0.1) is 5.82 Å². The van der Waals surface area contributed by atoms with Gasteiger partial charge in [-0.3, -0.25) is 4.79 Å². The Labute approximate surface area is 123 Å². The van der Waals surface area contributed by atoms with Crippen molar-refractivity contribution in [3.8, 4) is 11.3 Å². The summed E-state index contributed by atoms with van der Waals surface area (Å²) >= 11 is 1.38. The summed E-state index contributed by atoms with van der Waals surface area (Å²) in [4.78, 5) is 16.2. The molecule has 2 heterocycles. The third-order valence-electron chi connectivity index (χ3n) is 2.69. The molecule has 0 bridgehead atoms. The third-order valence-corrected chi connectivity index (χ3v) is 3.53. The molecule has 0 spiro atoms. The minimum atomic E-state index is -0.291. The first-order valence-electron chi connectivity index (χ1n) is 6.06. The van der Waals surface area contributed by atoms with Crippen molar-refractivity contribution < 1.29 is 9.18 Å². The number of thiazole rings is 1. The summed E-state index contributed by atoms with van der Waals surface area (Å²) in [5.41, 5.74) is 1.54. The Bertz CT molecular complexity index is 738. The second-order valence-corrected chi connectivity index (χ2v) is 5.16. The minimum Gasteiger partial charge on any atom is -0.307 e. The van der Waals surface area contributed by atoms with Gasteiger partial charge in [0, 0.05) is 10.9 Å². The number of nitrogens with zero attached hydrogens (tertiary/aromatic N) is 3. The van der Waals surface area contributed by atoms with E-state index in [2.05, 4.69) is 25.7 Å². The van der Waals surface area contributed by atoms with E-state index in [1.54, 1.807) is 12.1 Å². The van der Waals surface area contributed by atoms with Gasteiger partial charge in [0.05, 0.1) is 18.3 Å². The van der Waals surface area contributed by atoms with Crippen LogP contribution in [0.3, 0.4) is 0 Å². The van der Waals surface area contributed by atoms with Crippen molar-refractivity contribution in [2.75, 3.05) is 5.32 Å². The SMILES string of the molecule is O=C(Cc1nc(-c2ccc(F)cc2)cs1)Nc1cn[nH]n1. The van der Waals surface area contributed by atoms with E-state index >= 15 is 0 Å². The highest BCUT2D eigenvalue weighted by molar-refractivity contribution is 7.10. The van der Waals surface area contributed by atoms with E-state index in [1.165, 1.54) is 29.7 Å². The fourth-order valence-corrected chi connectivity index (χ4v) is 2.53. The fraction of sp³-hybridized carbons (Fsp3) is 0.0769. The zero-order valence-electron chi connectivity index (χ0n) is 10.7. The molecule has 0 saturated carbocycles. The predicted molar refractivity (Wildman–Crippen MR) is 76.2 cm³/mol. The number of H-pyrrole nitrogens is 1. The monoisotopic (exact) mass is 303 g/mol. The molecule has 0 saturated heterocycles. The lowest BCUT2D eigenvalue weighted by molar-refractivity contribution is -0.115. The average Bonchev–Trinajstić information content (AvgIpc) is 3.11. The summed E-state index contributed by atoms with van der Waals surface area (Å²) < 4.78 is 12.9. The lowest BCUT2D eigenvalue weighted by Crippen LogP contribution is -2.14. The maximum absolute atomic E-state index is 12.9. The highest BCUT2D eigenvalue weighted by atomic mass is 32.1. The first-order chi connectivity index (χ1) is 10.2. The molecule has 0 aliphatic heterocycles. The van der Waals surface area contributed by atoms with Gasteiger partial charge in [-0.1, -0.05) is 0 Å². The number of benzene rings is 1. The highest BCUT2D eigenvalue weighted by Crippen LogP contribution is 2.22. The van der Waals surface area contributed by atoms with Gasteiger partial charge in [0.1, 0.15) is 10.8 Å². The Morgan fingerprint density at radius 1 is 1.33 bits per heavy atom. The summed E-state index contributed by atoms with van der Waals surface area (Å²) in [6.45, 7) is 0. The van der Waals surface area contributed by atoms with Crippen LogP contribution in [0.4, 0.5) is 10.2 Å². The van der Waals surface area contributed by atoms with Gasteiger partial charge in [-0.05, 0) is 24.3 Å². The first kappa shape index (κ1) is 13.4. The zero-order valence-corrected chi connectivity index (χ0v) is 11.5. The number of anilines is 1. The predicted octanol–water partition coefficient (Wildman–Crippen LogP) is 2.25. The van der Waals surface area contributed by atoms with E-state index in [-0.39, 0.29) is 18.1 Å². The van der Waals surface area contributed by atoms with E-state index in [1.807, 2.05) is 5.38 Å². The van der Waals surface area contributed by atoms with Crippen molar-refractivity contribution in [1.82, 2.24) is 20.4 Å². The van der Waals surface area contributed by atoms with Crippen LogP contribution < -0.4 is 5.32 Å². The number of hydrogen-bond acceptors (Lipinski definition) is 5. The average molecular weight is 303 g/mol. The molecule has 0 radical (unpaired) electrons. The van der Waals surface area contributed by atoms with Gasteiger partial charge in [0.2, 0.25) is 5.91 Å². The van der Waals surface area contributed by atoms with Crippen LogP contribution in [0.25, 0.3) is 11.3 Å². The molecule has 0 aliphatic rings. The molecule has 2 N–H and O–H groups in total. The van der Waals surface area contributed by atoms with E-state index in [0.29, 0.717) is 10.8 Å². The van der Waals surface area contributed by atoms with Gasteiger partial charge in [-0.2, -0.15) is 10.3 Å². The lowest BCUT2D eigenvalue weighted by Gasteiger charge is -1.98. The highest BCUT2D eigenvalue weighted by Gasteiger charge is 2.10. The Morgan fingerprint density at radius 3 is 2.86 bits per heavy atom. The fourth-order valence-electron chi connectivity index (χ4n) is 1.73. The van der Waals surface area contributed by atoms with Gasteiger partial charge in [0.25, 0.3) is 0 Å². The molecule has 6 nitrogen and oxygen atoms in total. The van der Waals surface area contributed by atoms with Crippen molar-refractivity contribution in [3.05, 3.63) is 46.7 Å². The van der Waals surface area contributed by atoms with E-state index in [9.17, 15) is 9.18 Å². The molecule has 21 heavy (non-hydrogen) atoms. The number of aromatic amines is 1. The molecular formula is C13H10FN5OS. The Hall–Kier alpha value is -2.61. The lowest BCUT2D eigenvalue weighted by atomic mass is 10.2. The normalized spacial score (nSPS) is 10.5. The van der Waals surface area contributed by atoms with Gasteiger partial charge < -0.3 is 5.32 Å². The van der Waals surface area contributed by atoms with Gasteiger partial charge in [-0.15, -0.1) is 16.4 Å². The largest absolute Gasteiger partial charge is 0.307 e. The molecule has 1 amide bonds.